The molecule has 0 radical (unpaired) electrons. The number of pyridine rings is 1. The van der Waals surface area contributed by atoms with Crippen molar-refractivity contribution >= 4 is 45.0 Å². The third-order valence-corrected chi connectivity index (χ3v) is 8.25. The fraction of sp³-hybridized carbons (Fsp3) is 0.290. The van der Waals surface area contributed by atoms with Crippen LogP contribution in [0.3, 0.4) is 0 Å². The van der Waals surface area contributed by atoms with Crippen LogP contribution < -0.4 is 10.9 Å². The standard InChI is InChI=1S/C31H30N2O6S/c1-3-38-30(36)26-22-16-8-5-9-17-23(22)40-28(26)32-24(34)18-39-31(37)27-25(19-12-6-4-7-13-19)20-14-10-11-15-21(20)29(35)33(27)2/h4,6-7,10-15H,3,5,8-9,16-18H2,1-2H3,(H,32,34). The van der Waals surface area contributed by atoms with Crippen molar-refractivity contribution in [3.63, 3.8) is 0 Å². The fourth-order valence-corrected chi connectivity index (χ4v) is 6.51. The number of esters is 2. The Morgan fingerprint density at radius 3 is 2.35 bits per heavy atom. The van der Waals surface area contributed by atoms with Crippen LogP contribution in [0.1, 0.15) is 57.5 Å². The van der Waals surface area contributed by atoms with Crippen LogP contribution in [0.4, 0.5) is 5.00 Å². The van der Waals surface area contributed by atoms with Gasteiger partial charge in [0.1, 0.15) is 10.7 Å². The van der Waals surface area contributed by atoms with Gasteiger partial charge in [-0.1, -0.05) is 55.0 Å². The van der Waals surface area contributed by atoms with Gasteiger partial charge >= 0.3 is 11.9 Å². The smallest absolute Gasteiger partial charge is 0.356 e. The van der Waals surface area contributed by atoms with Crippen LogP contribution in [0, 0.1) is 0 Å². The minimum absolute atomic E-state index is 0.0535. The zero-order valence-electron chi connectivity index (χ0n) is 22.5. The van der Waals surface area contributed by atoms with Crippen molar-refractivity contribution in [3.8, 4) is 11.1 Å². The maximum Gasteiger partial charge on any atom is 0.356 e. The lowest BCUT2D eigenvalue weighted by atomic mass is 9.97. The highest BCUT2D eigenvalue weighted by Crippen LogP contribution is 2.38. The van der Waals surface area contributed by atoms with E-state index in [1.807, 2.05) is 30.3 Å². The SMILES string of the molecule is CCOC(=O)c1c(NC(=O)COC(=O)c2c(-c3ccccc3)c3ccccc3c(=O)n2C)sc2c1CCCCC2. The fourth-order valence-electron chi connectivity index (χ4n) is 5.21. The van der Waals surface area contributed by atoms with Crippen molar-refractivity contribution in [2.24, 2.45) is 7.05 Å². The van der Waals surface area contributed by atoms with Crippen LogP contribution in [0.15, 0.2) is 59.4 Å². The second-order valence-corrected chi connectivity index (χ2v) is 10.7. The second-order valence-electron chi connectivity index (χ2n) is 9.61. The van der Waals surface area contributed by atoms with E-state index in [0.717, 1.165) is 48.1 Å². The number of carbonyl (C=O) groups is 3. The Labute approximate surface area is 235 Å². The average Bonchev–Trinajstić information content (AvgIpc) is 3.13. The first-order chi connectivity index (χ1) is 19.4. The molecule has 8 nitrogen and oxygen atoms in total. The molecule has 0 saturated heterocycles. The Kier molecular flexibility index (Phi) is 8.11. The van der Waals surface area contributed by atoms with Crippen LogP contribution in [-0.2, 0) is 34.2 Å². The number of fused-ring (bicyclic) bond motifs is 2. The molecule has 40 heavy (non-hydrogen) atoms. The molecular formula is C31H30N2O6S. The molecule has 0 atom stereocenters. The normalized spacial score (nSPS) is 12.8. The van der Waals surface area contributed by atoms with Crippen LogP contribution >= 0.6 is 11.3 Å². The molecular weight excluding hydrogens is 528 g/mol. The number of rotatable bonds is 7. The number of nitrogens with one attached hydrogen (secondary N) is 1. The molecule has 0 saturated carbocycles. The van der Waals surface area contributed by atoms with E-state index >= 15 is 0 Å². The van der Waals surface area contributed by atoms with Gasteiger partial charge in [-0.2, -0.15) is 0 Å². The van der Waals surface area contributed by atoms with Crippen LogP contribution in [0.5, 0.6) is 0 Å². The molecule has 1 N–H and O–H groups in total. The molecule has 2 aromatic carbocycles. The highest BCUT2D eigenvalue weighted by atomic mass is 32.1. The summed E-state index contributed by atoms with van der Waals surface area (Å²) in [5.74, 6) is -1.85. The lowest BCUT2D eigenvalue weighted by Crippen LogP contribution is -2.28. The molecule has 0 aliphatic heterocycles. The monoisotopic (exact) mass is 558 g/mol. The number of aromatic nitrogens is 1. The lowest BCUT2D eigenvalue weighted by molar-refractivity contribution is -0.119. The number of aryl methyl sites for hydroxylation is 1. The highest BCUT2D eigenvalue weighted by Gasteiger charge is 2.28. The zero-order chi connectivity index (χ0) is 28.2. The van der Waals surface area contributed by atoms with Crippen molar-refractivity contribution in [2.45, 2.75) is 39.0 Å². The van der Waals surface area contributed by atoms with Crippen molar-refractivity contribution in [1.29, 1.82) is 0 Å². The van der Waals surface area contributed by atoms with Crippen LogP contribution in [-0.4, -0.2) is 35.6 Å². The van der Waals surface area contributed by atoms with E-state index in [4.69, 9.17) is 9.47 Å². The average molecular weight is 559 g/mol. The molecule has 9 heteroatoms. The van der Waals surface area contributed by atoms with E-state index in [9.17, 15) is 19.2 Å². The topological polar surface area (TPSA) is 104 Å². The Morgan fingerprint density at radius 2 is 1.60 bits per heavy atom. The summed E-state index contributed by atoms with van der Waals surface area (Å²) in [6.07, 6.45) is 4.67. The largest absolute Gasteiger partial charge is 0.462 e. The molecule has 0 bridgehead atoms. The summed E-state index contributed by atoms with van der Waals surface area (Å²) in [7, 11) is 1.52. The van der Waals surface area contributed by atoms with E-state index in [2.05, 4.69) is 5.32 Å². The summed E-state index contributed by atoms with van der Waals surface area (Å²) in [6, 6.07) is 16.4. The Bertz CT molecular complexity index is 1650. The van der Waals surface area contributed by atoms with Gasteiger partial charge in [0.05, 0.1) is 12.2 Å². The molecule has 1 aliphatic rings. The first kappa shape index (κ1) is 27.3. The number of benzene rings is 2. The number of hydrogen-bond acceptors (Lipinski definition) is 7. The molecule has 0 unspecified atom stereocenters. The van der Waals surface area contributed by atoms with Gasteiger partial charge in [-0.3, -0.25) is 9.59 Å². The predicted octanol–water partition coefficient (Wildman–Crippen LogP) is 5.51. The molecule has 1 amide bonds. The molecule has 0 spiro atoms. The summed E-state index contributed by atoms with van der Waals surface area (Å²) in [5.41, 5.74) is 2.34. The van der Waals surface area contributed by atoms with Gasteiger partial charge in [0, 0.05) is 22.9 Å². The van der Waals surface area contributed by atoms with Crippen LogP contribution in [0.25, 0.3) is 21.9 Å². The maximum atomic E-state index is 13.4. The van der Waals surface area contributed by atoms with Gasteiger partial charge in [-0.25, -0.2) is 9.59 Å². The third-order valence-electron chi connectivity index (χ3n) is 7.05. The summed E-state index contributed by atoms with van der Waals surface area (Å²) >= 11 is 1.38. The van der Waals surface area contributed by atoms with Gasteiger partial charge < -0.3 is 19.4 Å². The van der Waals surface area contributed by atoms with E-state index in [1.165, 1.54) is 23.0 Å². The molecule has 0 fully saturated rings. The van der Waals surface area contributed by atoms with Crippen molar-refractivity contribution in [1.82, 2.24) is 4.57 Å². The number of ether oxygens (including phenoxy) is 2. The van der Waals surface area contributed by atoms with E-state index < -0.39 is 24.5 Å². The summed E-state index contributed by atoms with van der Waals surface area (Å²) in [4.78, 5) is 53.4. The zero-order valence-corrected chi connectivity index (χ0v) is 23.3. The number of amides is 1. The lowest BCUT2D eigenvalue weighted by Gasteiger charge is -2.16. The minimum Gasteiger partial charge on any atom is -0.462 e. The first-order valence-corrected chi connectivity index (χ1v) is 14.2. The molecule has 1 aliphatic carbocycles. The number of anilines is 1. The van der Waals surface area contributed by atoms with Gasteiger partial charge in [0.15, 0.2) is 6.61 Å². The van der Waals surface area contributed by atoms with Gasteiger partial charge in [-0.05, 0) is 55.2 Å². The minimum atomic E-state index is -0.799. The number of carbonyl (C=O) groups excluding carboxylic acids is 3. The molecule has 4 aromatic rings. The number of hydrogen-bond donors (Lipinski definition) is 1. The van der Waals surface area contributed by atoms with E-state index in [0.29, 0.717) is 26.9 Å². The third kappa shape index (κ3) is 5.29. The Hall–Kier alpha value is -4.24. The Morgan fingerprint density at radius 1 is 0.900 bits per heavy atom. The highest BCUT2D eigenvalue weighted by molar-refractivity contribution is 7.17. The quantitative estimate of drug-likeness (QED) is 0.237. The van der Waals surface area contributed by atoms with Crippen molar-refractivity contribution in [2.75, 3.05) is 18.5 Å². The predicted molar refractivity (Wildman–Crippen MR) is 155 cm³/mol. The molecule has 206 valence electrons. The Balaban J connectivity index is 1.43. The number of nitrogens with zero attached hydrogens (tertiary/aromatic N) is 1. The van der Waals surface area contributed by atoms with E-state index in [-0.39, 0.29) is 17.9 Å². The first-order valence-electron chi connectivity index (χ1n) is 13.4. The van der Waals surface area contributed by atoms with Crippen LogP contribution in [0.2, 0.25) is 0 Å². The molecule has 2 aromatic heterocycles. The number of thiophene rings is 1. The molecule has 5 rings (SSSR count). The maximum absolute atomic E-state index is 13.4. The summed E-state index contributed by atoms with van der Waals surface area (Å²) in [5, 5.41) is 4.27. The molecule has 2 heterocycles. The van der Waals surface area contributed by atoms with Crippen molar-refractivity contribution in [3.05, 3.63) is 86.6 Å². The second kappa shape index (κ2) is 11.9. The summed E-state index contributed by atoms with van der Waals surface area (Å²) in [6.45, 7) is 1.38. The van der Waals surface area contributed by atoms with Gasteiger partial charge in [-0.15, -0.1) is 11.3 Å². The summed E-state index contributed by atoms with van der Waals surface area (Å²) < 4.78 is 12.0. The van der Waals surface area contributed by atoms with Gasteiger partial charge in [0.25, 0.3) is 11.5 Å². The van der Waals surface area contributed by atoms with E-state index in [1.54, 1.807) is 31.2 Å². The van der Waals surface area contributed by atoms with Crippen molar-refractivity contribution < 1.29 is 23.9 Å². The van der Waals surface area contributed by atoms with Gasteiger partial charge in [0.2, 0.25) is 0 Å².